The standard InChI is InChI=1S/C15H21N3O3/c1-3-17-15(20)11(2)18-9-13(19)10-21-14-7-5-4-6-12(14)8-16/h4-7,11,13,18-19H,3,9-10H2,1-2H3,(H,17,20). The van der Waals surface area contributed by atoms with Gasteiger partial charge in [0, 0.05) is 13.1 Å². The smallest absolute Gasteiger partial charge is 0.236 e. The lowest BCUT2D eigenvalue weighted by Gasteiger charge is -2.17. The van der Waals surface area contributed by atoms with Crippen LogP contribution in [-0.4, -0.2) is 42.9 Å². The number of para-hydroxylation sites is 1. The van der Waals surface area contributed by atoms with Gasteiger partial charge >= 0.3 is 0 Å². The molecule has 2 unspecified atom stereocenters. The van der Waals surface area contributed by atoms with Crippen LogP contribution in [0.4, 0.5) is 0 Å². The van der Waals surface area contributed by atoms with Gasteiger partial charge in [-0.3, -0.25) is 4.79 Å². The maximum Gasteiger partial charge on any atom is 0.236 e. The van der Waals surface area contributed by atoms with Crippen LogP contribution < -0.4 is 15.4 Å². The largest absolute Gasteiger partial charge is 0.489 e. The highest BCUT2D eigenvalue weighted by molar-refractivity contribution is 5.81. The van der Waals surface area contributed by atoms with Gasteiger partial charge in [0.15, 0.2) is 0 Å². The third-order valence-corrected chi connectivity index (χ3v) is 2.84. The van der Waals surface area contributed by atoms with Crippen molar-refractivity contribution >= 4 is 5.91 Å². The minimum absolute atomic E-state index is 0.0494. The van der Waals surface area contributed by atoms with Crippen LogP contribution in [0, 0.1) is 11.3 Å². The van der Waals surface area contributed by atoms with Crippen molar-refractivity contribution in [1.29, 1.82) is 5.26 Å². The number of aliphatic hydroxyl groups excluding tert-OH is 1. The molecule has 1 rings (SSSR count). The first-order chi connectivity index (χ1) is 10.1. The molecule has 0 saturated carbocycles. The highest BCUT2D eigenvalue weighted by Crippen LogP contribution is 2.16. The molecule has 114 valence electrons. The fourth-order valence-electron chi connectivity index (χ4n) is 1.66. The van der Waals surface area contributed by atoms with Crippen LogP contribution in [0.2, 0.25) is 0 Å². The van der Waals surface area contributed by atoms with Gasteiger partial charge in [0.05, 0.1) is 11.6 Å². The maximum atomic E-state index is 11.5. The van der Waals surface area contributed by atoms with Crippen molar-refractivity contribution in [3.8, 4) is 11.8 Å². The molecule has 0 bridgehead atoms. The number of benzene rings is 1. The molecule has 0 aliphatic heterocycles. The quantitative estimate of drug-likeness (QED) is 0.645. The summed E-state index contributed by atoms with van der Waals surface area (Å²) in [5.41, 5.74) is 0.424. The van der Waals surface area contributed by atoms with Crippen molar-refractivity contribution in [2.75, 3.05) is 19.7 Å². The van der Waals surface area contributed by atoms with E-state index in [-0.39, 0.29) is 25.1 Å². The maximum absolute atomic E-state index is 11.5. The summed E-state index contributed by atoms with van der Waals surface area (Å²) in [7, 11) is 0. The number of hydrogen-bond donors (Lipinski definition) is 3. The molecule has 3 N–H and O–H groups in total. The molecule has 6 heteroatoms. The average molecular weight is 291 g/mol. The summed E-state index contributed by atoms with van der Waals surface area (Å²) in [6, 6.07) is 8.48. The van der Waals surface area contributed by atoms with E-state index in [4.69, 9.17) is 10.00 Å². The van der Waals surface area contributed by atoms with Crippen molar-refractivity contribution < 1.29 is 14.6 Å². The molecule has 0 saturated heterocycles. The lowest BCUT2D eigenvalue weighted by molar-refractivity contribution is -0.122. The molecule has 0 heterocycles. The summed E-state index contributed by atoms with van der Waals surface area (Å²) in [6.45, 7) is 4.42. The normalized spacial score (nSPS) is 13.0. The molecule has 21 heavy (non-hydrogen) atoms. The number of nitriles is 1. The number of amides is 1. The molecule has 6 nitrogen and oxygen atoms in total. The van der Waals surface area contributed by atoms with Gasteiger partial charge in [-0.25, -0.2) is 0 Å². The van der Waals surface area contributed by atoms with E-state index in [0.29, 0.717) is 17.9 Å². The molecule has 2 atom stereocenters. The van der Waals surface area contributed by atoms with E-state index in [9.17, 15) is 9.90 Å². The van der Waals surface area contributed by atoms with E-state index >= 15 is 0 Å². The third-order valence-electron chi connectivity index (χ3n) is 2.84. The zero-order valence-electron chi connectivity index (χ0n) is 12.3. The minimum atomic E-state index is -0.770. The van der Waals surface area contributed by atoms with Crippen molar-refractivity contribution in [1.82, 2.24) is 10.6 Å². The number of likely N-dealkylation sites (N-methyl/N-ethyl adjacent to an activating group) is 1. The second kappa shape index (κ2) is 8.95. The van der Waals surface area contributed by atoms with Gasteiger partial charge in [-0.1, -0.05) is 12.1 Å². The number of aliphatic hydroxyl groups is 1. The van der Waals surface area contributed by atoms with E-state index in [0.717, 1.165) is 0 Å². The summed E-state index contributed by atoms with van der Waals surface area (Å²) in [4.78, 5) is 11.5. The zero-order valence-corrected chi connectivity index (χ0v) is 12.3. The molecule has 0 aromatic heterocycles. The van der Waals surface area contributed by atoms with Crippen LogP contribution in [-0.2, 0) is 4.79 Å². The minimum Gasteiger partial charge on any atom is -0.489 e. The Labute approximate surface area is 124 Å². The second-order valence-corrected chi connectivity index (χ2v) is 4.60. The van der Waals surface area contributed by atoms with Crippen LogP contribution >= 0.6 is 0 Å². The Balaban J connectivity index is 2.36. The summed E-state index contributed by atoms with van der Waals surface area (Å²) in [6.07, 6.45) is -0.770. The van der Waals surface area contributed by atoms with Crippen molar-refractivity contribution in [3.63, 3.8) is 0 Å². The van der Waals surface area contributed by atoms with E-state index in [1.807, 2.05) is 13.0 Å². The van der Waals surface area contributed by atoms with Gasteiger partial charge in [0.25, 0.3) is 0 Å². The van der Waals surface area contributed by atoms with Gasteiger partial charge < -0.3 is 20.5 Å². The second-order valence-electron chi connectivity index (χ2n) is 4.60. The Morgan fingerprint density at radius 3 is 2.86 bits per heavy atom. The summed E-state index contributed by atoms with van der Waals surface area (Å²) < 4.78 is 5.42. The lowest BCUT2D eigenvalue weighted by atomic mass is 10.2. The first-order valence-corrected chi connectivity index (χ1v) is 6.89. The highest BCUT2D eigenvalue weighted by atomic mass is 16.5. The van der Waals surface area contributed by atoms with Crippen molar-refractivity contribution in [2.45, 2.75) is 26.0 Å². The Hall–Kier alpha value is -2.10. The molecule has 1 aromatic rings. The van der Waals surface area contributed by atoms with Crippen molar-refractivity contribution in [2.24, 2.45) is 0 Å². The number of hydrogen-bond acceptors (Lipinski definition) is 5. The Bertz CT molecular complexity index is 499. The molecule has 0 fully saturated rings. The van der Waals surface area contributed by atoms with Gasteiger partial charge in [-0.05, 0) is 26.0 Å². The highest BCUT2D eigenvalue weighted by Gasteiger charge is 2.14. The first kappa shape index (κ1) is 17.0. The summed E-state index contributed by atoms with van der Waals surface area (Å²) in [5, 5.41) is 24.4. The predicted octanol–water partition coefficient (Wildman–Crippen LogP) is 0.412. The van der Waals surface area contributed by atoms with E-state index < -0.39 is 6.10 Å². The average Bonchev–Trinajstić information content (AvgIpc) is 2.50. The van der Waals surface area contributed by atoms with Crippen LogP contribution in [0.5, 0.6) is 5.75 Å². The number of rotatable bonds is 8. The van der Waals surface area contributed by atoms with E-state index in [2.05, 4.69) is 10.6 Å². The first-order valence-electron chi connectivity index (χ1n) is 6.89. The van der Waals surface area contributed by atoms with Gasteiger partial charge in [0.2, 0.25) is 5.91 Å². The molecule has 0 spiro atoms. The SMILES string of the molecule is CCNC(=O)C(C)NCC(O)COc1ccccc1C#N. The predicted molar refractivity (Wildman–Crippen MR) is 78.8 cm³/mol. The van der Waals surface area contributed by atoms with Crippen LogP contribution in [0.25, 0.3) is 0 Å². The topological polar surface area (TPSA) is 94.4 Å². The van der Waals surface area contributed by atoms with Crippen molar-refractivity contribution in [3.05, 3.63) is 29.8 Å². The molecule has 1 amide bonds. The monoisotopic (exact) mass is 291 g/mol. The van der Waals surface area contributed by atoms with Gasteiger partial charge in [-0.2, -0.15) is 5.26 Å². The molecule has 0 radical (unpaired) electrons. The Morgan fingerprint density at radius 2 is 2.19 bits per heavy atom. The van der Waals surface area contributed by atoms with Crippen LogP contribution in [0.15, 0.2) is 24.3 Å². The number of nitrogens with one attached hydrogen (secondary N) is 2. The van der Waals surface area contributed by atoms with E-state index in [1.54, 1.807) is 31.2 Å². The Kier molecular flexibility index (Phi) is 7.23. The number of nitrogens with zero attached hydrogens (tertiary/aromatic N) is 1. The number of carbonyl (C=O) groups excluding carboxylic acids is 1. The molecule has 0 aliphatic carbocycles. The fraction of sp³-hybridized carbons (Fsp3) is 0.467. The lowest BCUT2D eigenvalue weighted by Crippen LogP contribution is -2.45. The van der Waals surface area contributed by atoms with Gasteiger partial charge in [-0.15, -0.1) is 0 Å². The van der Waals surface area contributed by atoms with E-state index in [1.165, 1.54) is 0 Å². The molecular formula is C15H21N3O3. The molecule has 1 aromatic carbocycles. The number of carbonyl (C=O) groups is 1. The van der Waals surface area contributed by atoms with Crippen LogP contribution in [0.1, 0.15) is 19.4 Å². The summed E-state index contributed by atoms with van der Waals surface area (Å²) >= 11 is 0. The summed E-state index contributed by atoms with van der Waals surface area (Å²) in [5.74, 6) is 0.330. The Morgan fingerprint density at radius 1 is 1.48 bits per heavy atom. The fourth-order valence-corrected chi connectivity index (χ4v) is 1.66. The third kappa shape index (κ3) is 5.81. The molecule has 0 aliphatic rings. The number of ether oxygens (including phenoxy) is 1. The van der Waals surface area contributed by atoms with Crippen LogP contribution in [0.3, 0.4) is 0 Å². The molecular weight excluding hydrogens is 270 g/mol. The zero-order chi connectivity index (χ0) is 15.7. The van der Waals surface area contributed by atoms with Gasteiger partial charge in [0.1, 0.15) is 24.5 Å².